The molecular formula is C26H31FN6O4. The number of nitrogens with zero attached hydrogens (tertiary/aromatic N) is 6. The van der Waals surface area contributed by atoms with Crippen molar-refractivity contribution in [2.45, 2.75) is 39.2 Å². The van der Waals surface area contributed by atoms with Crippen LogP contribution in [0.25, 0.3) is 11.3 Å². The van der Waals surface area contributed by atoms with Gasteiger partial charge in [0.1, 0.15) is 5.82 Å². The number of hydrogen-bond acceptors (Lipinski definition) is 8. The number of amides is 2. The van der Waals surface area contributed by atoms with Crippen molar-refractivity contribution in [1.29, 1.82) is 0 Å². The number of piperidine rings is 1. The van der Waals surface area contributed by atoms with Crippen molar-refractivity contribution in [3.8, 4) is 11.3 Å². The van der Waals surface area contributed by atoms with E-state index in [1.807, 2.05) is 4.90 Å². The van der Waals surface area contributed by atoms with E-state index in [2.05, 4.69) is 27.1 Å². The second-order valence-electron chi connectivity index (χ2n) is 9.82. The van der Waals surface area contributed by atoms with Crippen LogP contribution in [0.1, 0.15) is 48.4 Å². The normalized spacial score (nSPS) is 17.4. The lowest BCUT2D eigenvalue weighted by molar-refractivity contribution is -0.132. The summed E-state index contributed by atoms with van der Waals surface area (Å²) in [6, 6.07) is 7.42. The Kier molecular flexibility index (Phi) is 7.59. The summed E-state index contributed by atoms with van der Waals surface area (Å²) in [6.45, 7) is 6.78. The number of halogens is 1. The quantitative estimate of drug-likeness (QED) is 0.477. The van der Waals surface area contributed by atoms with E-state index in [1.54, 1.807) is 23.1 Å². The predicted octanol–water partition coefficient (Wildman–Crippen LogP) is 3.01. The van der Waals surface area contributed by atoms with E-state index >= 15 is 0 Å². The van der Waals surface area contributed by atoms with Crippen LogP contribution >= 0.6 is 0 Å². The monoisotopic (exact) mass is 510 g/mol. The van der Waals surface area contributed by atoms with E-state index in [0.717, 1.165) is 25.9 Å². The summed E-state index contributed by atoms with van der Waals surface area (Å²) in [5.74, 6) is 1.76. The molecule has 0 aliphatic carbocycles. The highest BCUT2D eigenvalue weighted by Gasteiger charge is 2.26. The zero-order valence-corrected chi connectivity index (χ0v) is 20.9. The lowest BCUT2D eigenvalue weighted by atomic mass is 9.99. The molecule has 2 aromatic heterocycles. The Balaban J connectivity index is 1.07. The fourth-order valence-corrected chi connectivity index (χ4v) is 4.68. The average molecular weight is 511 g/mol. The van der Waals surface area contributed by atoms with Crippen molar-refractivity contribution < 1.29 is 23.0 Å². The molecule has 0 bridgehead atoms. The van der Waals surface area contributed by atoms with Crippen LogP contribution in [-0.4, -0.2) is 81.1 Å². The number of aromatic nitrogens is 3. The first-order chi connectivity index (χ1) is 17.9. The van der Waals surface area contributed by atoms with Gasteiger partial charge in [0, 0.05) is 63.7 Å². The third-order valence-corrected chi connectivity index (χ3v) is 7.08. The number of hydrogen-bond donors (Lipinski definition) is 0. The van der Waals surface area contributed by atoms with Gasteiger partial charge in [0.2, 0.25) is 11.8 Å². The minimum atomic E-state index is -0.341. The maximum absolute atomic E-state index is 13.1. The first-order valence-corrected chi connectivity index (χ1v) is 12.8. The van der Waals surface area contributed by atoms with E-state index in [-0.39, 0.29) is 23.3 Å². The van der Waals surface area contributed by atoms with Crippen molar-refractivity contribution in [2.24, 2.45) is 5.92 Å². The predicted molar refractivity (Wildman–Crippen MR) is 131 cm³/mol. The number of aryl methyl sites for hydroxylation is 1. The van der Waals surface area contributed by atoms with Crippen LogP contribution < -0.4 is 0 Å². The Morgan fingerprint density at radius 1 is 0.973 bits per heavy atom. The highest BCUT2D eigenvalue weighted by atomic mass is 19.1. The second-order valence-corrected chi connectivity index (χ2v) is 9.82. The second kappa shape index (κ2) is 11.2. The standard InChI is InChI=1S/C26H31FN6O4/c1-18-8-10-32(11-9-18)25(34)7-6-24-28-23(30-37-24)17-31-12-14-33(15-13-31)26(35)21-16-22(36-29-21)19-2-4-20(27)5-3-19/h2-5,16,18H,6-15,17H2,1H3. The minimum Gasteiger partial charge on any atom is -0.355 e. The molecule has 196 valence electrons. The molecule has 2 aliphatic heterocycles. The third-order valence-electron chi connectivity index (χ3n) is 7.08. The number of piperazine rings is 1. The van der Waals surface area contributed by atoms with Gasteiger partial charge in [-0.1, -0.05) is 17.2 Å². The SMILES string of the molecule is CC1CCN(C(=O)CCc2nc(CN3CCN(C(=O)c4cc(-c5ccc(F)cc5)on4)CC3)no2)CC1. The maximum atomic E-state index is 13.1. The van der Waals surface area contributed by atoms with Crippen molar-refractivity contribution >= 4 is 11.8 Å². The lowest BCUT2D eigenvalue weighted by Gasteiger charge is -2.33. The fraction of sp³-hybridized carbons (Fsp3) is 0.500. The number of carbonyl (C=O) groups excluding carboxylic acids is 2. The number of likely N-dealkylation sites (tertiary alicyclic amines) is 1. The molecule has 1 aromatic carbocycles. The zero-order valence-electron chi connectivity index (χ0n) is 20.9. The Bertz CT molecular complexity index is 1210. The molecule has 0 unspecified atom stereocenters. The van der Waals surface area contributed by atoms with Gasteiger partial charge in [-0.2, -0.15) is 4.98 Å². The van der Waals surface area contributed by atoms with Crippen LogP contribution in [0.5, 0.6) is 0 Å². The Morgan fingerprint density at radius 2 is 1.70 bits per heavy atom. The van der Waals surface area contributed by atoms with Gasteiger partial charge >= 0.3 is 0 Å². The summed E-state index contributed by atoms with van der Waals surface area (Å²) >= 11 is 0. The molecule has 0 atom stereocenters. The average Bonchev–Trinajstić information content (AvgIpc) is 3.58. The Labute approximate surface area is 214 Å². The summed E-state index contributed by atoms with van der Waals surface area (Å²) in [4.78, 5) is 35.6. The molecule has 0 radical (unpaired) electrons. The molecule has 2 aliphatic rings. The number of rotatable bonds is 7. The summed E-state index contributed by atoms with van der Waals surface area (Å²) in [6.07, 6.45) is 2.94. The highest BCUT2D eigenvalue weighted by molar-refractivity contribution is 5.93. The van der Waals surface area contributed by atoms with Crippen LogP contribution in [0.2, 0.25) is 0 Å². The van der Waals surface area contributed by atoms with E-state index < -0.39 is 0 Å². The smallest absolute Gasteiger partial charge is 0.276 e. The molecule has 37 heavy (non-hydrogen) atoms. The van der Waals surface area contributed by atoms with Crippen molar-refractivity contribution in [3.63, 3.8) is 0 Å². The van der Waals surface area contributed by atoms with Crippen molar-refractivity contribution in [1.82, 2.24) is 30.0 Å². The molecule has 4 heterocycles. The van der Waals surface area contributed by atoms with Crippen LogP contribution in [0.4, 0.5) is 4.39 Å². The zero-order chi connectivity index (χ0) is 25.8. The van der Waals surface area contributed by atoms with E-state index in [1.165, 1.54) is 12.1 Å². The molecule has 2 amide bonds. The van der Waals surface area contributed by atoms with Crippen LogP contribution in [0.3, 0.4) is 0 Å². The van der Waals surface area contributed by atoms with Crippen LogP contribution in [-0.2, 0) is 17.8 Å². The van der Waals surface area contributed by atoms with Crippen LogP contribution in [0.15, 0.2) is 39.4 Å². The van der Waals surface area contributed by atoms with Gasteiger partial charge in [0.05, 0.1) is 6.54 Å². The summed E-state index contributed by atoms with van der Waals surface area (Å²) in [5.41, 5.74) is 0.881. The molecule has 11 heteroatoms. The molecule has 2 fully saturated rings. The van der Waals surface area contributed by atoms with Crippen molar-refractivity contribution in [3.05, 3.63) is 53.6 Å². The largest absolute Gasteiger partial charge is 0.355 e. The molecule has 10 nitrogen and oxygen atoms in total. The van der Waals surface area contributed by atoms with Gasteiger partial charge in [-0.25, -0.2) is 4.39 Å². The van der Waals surface area contributed by atoms with Gasteiger partial charge in [0.15, 0.2) is 17.3 Å². The Morgan fingerprint density at radius 3 is 2.43 bits per heavy atom. The van der Waals surface area contributed by atoms with Gasteiger partial charge in [-0.05, 0) is 43.0 Å². The number of benzene rings is 1. The molecule has 0 saturated carbocycles. The fourth-order valence-electron chi connectivity index (χ4n) is 4.68. The molecule has 5 rings (SSSR count). The van der Waals surface area contributed by atoms with E-state index in [4.69, 9.17) is 9.05 Å². The Hall–Kier alpha value is -3.60. The van der Waals surface area contributed by atoms with Crippen molar-refractivity contribution in [2.75, 3.05) is 39.3 Å². The summed E-state index contributed by atoms with van der Waals surface area (Å²) in [7, 11) is 0. The molecule has 2 saturated heterocycles. The molecule has 3 aromatic rings. The van der Waals surface area contributed by atoms with Crippen LogP contribution in [0, 0.1) is 11.7 Å². The molecule has 0 spiro atoms. The number of carbonyl (C=O) groups is 2. The van der Waals surface area contributed by atoms with Gasteiger partial charge in [0.25, 0.3) is 5.91 Å². The first kappa shape index (κ1) is 25.1. The lowest BCUT2D eigenvalue weighted by Crippen LogP contribution is -2.48. The summed E-state index contributed by atoms with van der Waals surface area (Å²) < 4.78 is 23.8. The van der Waals surface area contributed by atoms with Gasteiger partial charge in [-0.3, -0.25) is 14.5 Å². The topological polar surface area (TPSA) is 109 Å². The van der Waals surface area contributed by atoms with E-state index in [9.17, 15) is 14.0 Å². The van der Waals surface area contributed by atoms with Gasteiger partial charge < -0.3 is 18.8 Å². The molecule has 0 N–H and O–H groups in total. The van der Waals surface area contributed by atoms with Gasteiger partial charge in [-0.15, -0.1) is 0 Å². The third kappa shape index (κ3) is 6.22. The maximum Gasteiger partial charge on any atom is 0.276 e. The highest BCUT2D eigenvalue weighted by Crippen LogP contribution is 2.22. The van der Waals surface area contributed by atoms with E-state index in [0.29, 0.717) is 74.5 Å². The minimum absolute atomic E-state index is 0.143. The molecular weight excluding hydrogens is 479 g/mol. The first-order valence-electron chi connectivity index (χ1n) is 12.8. The summed E-state index contributed by atoms with van der Waals surface area (Å²) in [5, 5.41) is 7.98.